The lowest BCUT2D eigenvalue weighted by Gasteiger charge is -2.25. The fourth-order valence-electron chi connectivity index (χ4n) is 1.41. The van der Waals surface area contributed by atoms with Gasteiger partial charge < -0.3 is 10.1 Å². The van der Waals surface area contributed by atoms with Crippen LogP contribution in [-0.2, 0) is 0 Å². The molecule has 0 saturated heterocycles. The van der Waals surface area contributed by atoms with E-state index in [1.807, 2.05) is 24.3 Å². The first kappa shape index (κ1) is 14.5. The highest BCUT2D eigenvalue weighted by atomic mass is 79.9. The molecule has 0 fully saturated rings. The van der Waals surface area contributed by atoms with Crippen molar-refractivity contribution in [2.24, 2.45) is 0 Å². The first-order valence-corrected chi connectivity index (χ1v) is 6.88. The smallest absolute Gasteiger partial charge is 0.133 e. The molecular weight excluding hydrogens is 278 g/mol. The Morgan fingerprint density at radius 3 is 2.47 bits per heavy atom. The molecule has 0 aromatic heterocycles. The van der Waals surface area contributed by atoms with Crippen molar-refractivity contribution in [3.8, 4) is 5.75 Å². The molecule has 0 spiro atoms. The van der Waals surface area contributed by atoms with Crippen molar-refractivity contribution in [1.82, 2.24) is 5.32 Å². The van der Waals surface area contributed by atoms with Gasteiger partial charge in [-0.25, -0.2) is 0 Å². The summed E-state index contributed by atoms with van der Waals surface area (Å²) >= 11 is 3.50. The summed E-state index contributed by atoms with van der Waals surface area (Å²) in [6.07, 6.45) is 1.19. The molecule has 1 rings (SSSR count). The average molecular weight is 300 g/mol. The monoisotopic (exact) mass is 299 g/mol. The van der Waals surface area contributed by atoms with Gasteiger partial charge in [0, 0.05) is 12.1 Å². The number of halogens is 1. The minimum Gasteiger partial charge on any atom is -0.488 e. The standard InChI is InChI=1S/C14H22BrNO/c1-5-11(10-16-14(2,3)4)17-13-9-7-6-8-12(13)15/h6-9,11,16H,5,10H2,1-4H3. The third kappa shape index (κ3) is 5.55. The molecule has 1 unspecified atom stereocenters. The van der Waals surface area contributed by atoms with Crippen molar-refractivity contribution in [3.05, 3.63) is 28.7 Å². The third-order valence-corrected chi connectivity index (χ3v) is 3.10. The van der Waals surface area contributed by atoms with Crippen molar-refractivity contribution in [2.75, 3.05) is 6.54 Å². The third-order valence-electron chi connectivity index (χ3n) is 2.45. The highest BCUT2D eigenvalue weighted by Gasteiger charge is 2.14. The lowest BCUT2D eigenvalue weighted by Crippen LogP contribution is -2.42. The van der Waals surface area contributed by atoms with Gasteiger partial charge in [-0.2, -0.15) is 0 Å². The predicted octanol–water partition coefficient (Wildman–Crippen LogP) is 3.99. The molecule has 2 nitrogen and oxygen atoms in total. The lowest BCUT2D eigenvalue weighted by atomic mass is 10.1. The van der Waals surface area contributed by atoms with E-state index in [1.54, 1.807) is 0 Å². The molecule has 0 radical (unpaired) electrons. The maximum Gasteiger partial charge on any atom is 0.133 e. The Hall–Kier alpha value is -0.540. The van der Waals surface area contributed by atoms with Gasteiger partial charge in [0.15, 0.2) is 0 Å². The van der Waals surface area contributed by atoms with E-state index in [1.165, 1.54) is 0 Å². The molecule has 0 aliphatic carbocycles. The largest absolute Gasteiger partial charge is 0.488 e. The number of hydrogen-bond acceptors (Lipinski definition) is 2. The van der Waals surface area contributed by atoms with E-state index in [0.717, 1.165) is 23.2 Å². The van der Waals surface area contributed by atoms with Gasteiger partial charge in [0.2, 0.25) is 0 Å². The van der Waals surface area contributed by atoms with Gasteiger partial charge in [-0.15, -0.1) is 0 Å². The molecule has 0 aliphatic heterocycles. The van der Waals surface area contributed by atoms with Crippen LogP contribution in [0.2, 0.25) is 0 Å². The summed E-state index contributed by atoms with van der Waals surface area (Å²) in [5.74, 6) is 0.912. The zero-order valence-electron chi connectivity index (χ0n) is 11.1. The van der Waals surface area contributed by atoms with Crippen LogP contribution in [-0.4, -0.2) is 18.2 Å². The molecule has 1 aromatic carbocycles. The zero-order chi connectivity index (χ0) is 12.9. The number of hydrogen-bond donors (Lipinski definition) is 1. The Labute approximate surface area is 113 Å². The van der Waals surface area contributed by atoms with Gasteiger partial charge in [0.05, 0.1) is 4.47 Å². The van der Waals surface area contributed by atoms with Crippen molar-refractivity contribution in [3.63, 3.8) is 0 Å². The van der Waals surface area contributed by atoms with E-state index in [2.05, 4.69) is 48.9 Å². The van der Waals surface area contributed by atoms with Crippen LogP contribution in [0.15, 0.2) is 28.7 Å². The van der Waals surface area contributed by atoms with Crippen LogP contribution in [0.4, 0.5) is 0 Å². The summed E-state index contributed by atoms with van der Waals surface area (Å²) in [6, 6.07) is 7.97. The molecule has 3 heteroatoms. The van der Waals surface area contributed by atoms with Crippen LogP contribution in [0.5, 0.6) is 5.75 Å². The van der Waals surface area contributed by atoms with Gasteiger partial charge >= 0.3 is 0 Å². The van der Waals surface area contributed by atoms with Gasteiger partial charge in [0.25, 0.3) is 0 Å². The summed E-state index contributed by atoms with van der Waals surface area (Å²) < 4.78 is 6.99. The van der Waals surface area contributed by atoms with E-state index >= 15 is 0 Å². The Bertz CT molecular complexity index is 346. The quantitative estimate of drug-likeness (QED) is 0.887. The summed E-state index contributed by atoms with van der Waals surface area (Å²) in [5.41, 5.74) is 0.130. The Balaban J connectivity index is 2.56. The fraction of sp³-hybridized carbons (Fsp3) is 0.571. The van der Waals surface area contributed by atoms with Crippen LogP contribution < -0.4 is 10.1 Å². The molecule has 0 saturated carbocycles. The number of para-hydroxylation sites is 1. The molecule has 1 N–H and O–H groups in total. The number of rotatable bonds is 5. The van der Waals surface area contributed by atoms with Crippen LogP contribution in [0.1, 0.15) is 34.1 Å². The maximum atomic E-state index is 5.98. The molecule has 1 aromatic rings. The van der Waals surface area contributed by atoms with Gasteiger partial charge in [-0.05, 0) is 55.3 Å². The molecule has 0 aliphatic rings. The highest BCUT2D eigenvalue weighted by molar-refractivity contribution is 9.10. The second kappa shape index (κ2) is 6.41. The minimum absolute atomic E-state index is 0.130. The molecular formula is C14H22BrNO. The lowest BCUT2D eigenvalue weighted by molar-refractivity contribution is 0.180. The number of benzene rings is 1. The topological polar surface area (TPSA) is 21.3 Å². The van der Waals surface area contributed by atoms with Gasteiger partial charge in [-0.1, -0.05) is 19.1 Å². The minimum atomic E-state index is 0.130. The molecule has 1 atom stereocenters. The van der Waals surface area contributed by atoms with E-state index < -0.39 is 0 Å². The molecule has 0 heterocycles. The van der Waals surface area contributed by atoms with Crippen molar-refractivity contribution in [2.45, 2.75) is 45.8 Å². The molecule has 0 amide bonds. The normalized spacial score (nSPS) is 13.5. The van der Waals surface area contributed by atoms with E-state index in [0.29, 0.717) is 0 Å². The fourth-order valence-corrected chi connectivity index (χ4v) is 1.79. The van der Waals surface area contributed by atoms with Crippen molar-refractivity contribution >= 4 is 15.9 Å². The Morgan fingerprint density at radius 1 is 1.29 bits per heavy atom. The molecule has 96 valence electrons. The van der Waals surface area contributed by atoms with Crippen molar-refractivity contribution in [1.29, 1.82) is 0 Å². The van der Waals surface area contributed by atoms with E-state index in [-0.39, 0.29) is 11.6 Å². The molecule has 17 heavy (non-hydrogen) atoms. The van der Waals surface area contributed by atoms with E-state index in [9.17, 15) is 0 Å². The van der Waals surface area contributed by atoms with Crippen LogP contribution in [0, 0.1) is 0 Å². The second-order valence-corrected chi connectivity index (χ2v) is 6.06. The molecule has 0 bridgehead atoms. The van der Waals surface area contributed by atoms with Gasteiger partial charge in [0.1, 0.15) is 11.9 Å². The van der Waals surface area contributed by atoms with Crippen LogP contribution >= 0.6 is 15.9 Å². The summed E-state index contributed by atoms with van der Waals surface area (Å²) in [7, 11) is 0. The number of nitrogens with one attached hydrogen (secondary N) is 1. The summed E-state index contributed by atoms with van der Waals surface area (Å²) in [4.78, 5) is 0. The Kier molecular flexibility index (Phi) is 5.47. The second-order valence-electron chi connectivity index (χ2n) is 5.21. The average Bonchev–Trinajstić information content (AvgIpc) is 2.25. The zero-order valence-corrected chi connectivity index (χ0v) is 12.7. The first-order chi connectivity index (χ1) is 7.92. The summed E-state index contributed by atoms with van der Waals surface area (Å²) in [6.45, 7) is 9.50. The predicted molar refractivity (Wildman–Crippen MR) is 76.6 cm³/mol. The van der Waals surface area contributed by atoms with Gasteiger partial charge in [-0.3, -0.25) is 0 Å². The SMILES string of the molecule is CCC(CNC(C)(C)C)Oc1ccccc1Br. The first-order valence-electron chi connectivity index (χ1n) is 6.08. The van der Waals surface area contributed by atoms with Crippen LogP contribution in [0.3, 0.4) is 0 Å². The summed E-state index contributed by atoms with van der Waals surface area (Å²) in [5, 5.41) is 3.47. The van der Waals surface area contributed by atoms with Crippen LogP contribution in [0.25, 0.3) is 0 Å². The number of ether oxygens (including phenoxy) is 1. The van der Waals surface area contributed by atoms with E-state index in [4.69, 9.17) is 4.74 Å². The Morgan fingerprint density at radius 2 is 1.94 bits per heavy atom. The maximum absolute atomic E-state index is 5.98. The van der Waals surface area contributed by atoms with Crippen molar-refractivity contribution < 1.29 is 4.74 Å². The highest BCUT2D eigenvalue weighted by Crippen LogP contribution is 2.25.